The molecule has 1 fully saturated rings. The maximum atomic E-state index is 13.6. The van der Waals surface area contributed by atoms with Crippen molar-refractivity contribution in [1.82, 2.24) is 0 Å². The Labute approximate surface area is 120 Å². The molecule has 3 heteroatoms. The van der Waals surface area contributed by atoms with Crippen LogP contribution in [0.2, 0.25) is 0 Å². The van der Waals surface area contributed by atoms with Gasteiger partial charge >= 0.3 is 0 Å². The van der Waals surface area contributed by atoms with E-state index in [4.69, 9.17) is 0 Å². The molecule has 0 N–H and O–H groups in total. The van der Waals surface area contributed by atoms with Crippen LogP contribution in [0.5, 0.6) is 0 Å². The smallest absolute Gasteiger partial charge is 0.237 e. The Balaban J connectivity index is 1.95. The minimum Gasteiger partial charge on any atom is -0.314 e. The first-order valence-electron chi connectivity index (χ1n) is 7.60. The highest BCUT2D eigenvalue weighted by molar-refractivity contribution is 6.07. The number of fused-ring (bicyclic) bond motifs is 1. The van der Waals surface area contributed by atoms with Crippen LogP contribution < -0.4 is 4.90 Å². The highest BCUT2D eigenvalue weighted by Crippen LogP contribution is 2.46. The van der Waals surface area contributed by atoms with E-state index in [2.05, 4.69) is 0 Å². The van der Waals surface area contributed by atoms with E-state index in [1.807, 2.05) is 6.92 Å². The van der Waals surface area contributed by atoms with Gasteiger partial charge in [-0.3, -0.25) is 4.79 Å². The lowest BCUT2D eigenvalue weighted by Gasteiger charge is -2.30. The van der Waals surface area contributed by atoms with Crippen LogP contribution in [0.3, 0.4) is 0 Å². The second-order valence-electron chi connectivity index (χ2n) is 6.57. The van der Waals surface area contributed by atoms with Gasteiger partial charge in [0.1, 0.15) is 5.82 Å². The zero-order valence-corrected chi connectivity index (χ0v) is 12.3. The summed E-state index contributed by atoms with van der Waals surface area (Å²) in [6.45, 7) is 1.99. The number of anilines is 1. The summed E-state index contributed by atoms with van der Waals surface area (Å²) in [5.74, 6) is 0.464. The Hall–Kier alpha value is -1.38. The fourth-order valence-electron chi connectivity index (χ4n) is 4.00. The average molecular weight is 275 g/mol. The second kappa shape index (κ2) is 4.87. The topological polar surface area (TPSA) is 20.3 Å². The van der Waals surface area contributed by atoms with Crippen molar-refractivity contribution >= 4 is 11.6 Å². The molecular weight excluding hydrogens is 253 g/mol. The summed E-state index contributed by atoms with van der Waals surface area (Å²) < 4.78 is 13.6. The monoisotopic (exact) mass is 275 g/mol. The van der Waals surface area contributed by atoms with Crippen LogP contribution in [0.15, 0.2) is 18.2 Å². The second-order valence-corrected chi connectivity index (χ2v) is 6.57. The van der Waals surface area contributed by atoms with E-state index in [1.54, 1.807) is 24.1 Å². The minimum absolute atomic E-state index is 0.115. The highest BCUT2D eigenvalue weighted by atomic mass is 19.1. The number of rotatable bonds is 2. The molecule has 1 aliphatic heterocycles. The third-order valence-electron chi connectivity index (χ3n) is 5.11. The fraction of sp³-hybridized carbons (Fsp3) is 0.588. The molecule has 1 aromatic rings. The van der Waals surface area contributed by atoms with E-state index >= 15 is 0 Å². The summed E-state index contributed by atoms with van der Waals surface area (Å²) in [4.78, 5) is 14.4. The summed E-state index contributed by atoms with van der Waals surface area (Å²) in [6.07, 6.45) is 7.11. The molecule has 1 amide bonds. The predicted octanol–water partition coefficient (Wildman–Crippen LogP) is 4.03. The Morgan fingerprint density at radius 2 is 2.00 bits per heavy atom. The summed E-state index contributed by atoms with van der Waals surface area (Å²) in [5.41, 5.74) is 1.19. The SMILES string of the molecule is CN1C(=O)C(C)(CC2CCCCC2)c2cc(F)ccc21. The number of carbonyl (C=O) groups is 1. The number of halogens is 1. The van der Waals surface area contributed by atoms with Gasteiger partial charge in [0.05, 0.1) is 5.41 Å². The molecule has 20 heavy (non-hydrogen) atoms. The van der Waals surface area contributed by atoms with Gasteiger partial charge in [-0.2, -0.15) is 0 Å². The molecule has 1 heterocycles. The van der Waals surface area contributed by atoms with Crippen LogP contribution >= 0.6 is 0 Å². The summed E-state index contributed by atoms with van der Waals surface area (Å²) in [6, 6.07) is 4.73. The van der Waals surface area contributed by atoms with Crippen molar-refractivity contribution in [3.05, 3.63) is 29.6 Å². The van der Waals surface area contributed by atoms with Crippen molar-refractivity contribution in [2.75, 3.05) is 11.9 Å². The van der Waals surface area contributed by atoms with E-state index in [0.29, 0.717) is 5.92 Å². The van der Waals surface area contributed by atoms with Crippen molar-refractivity contribution < 1.29 is 9.18 Å². The first-order chi connectivity index (χ1) is 9.52. The summed E-state index contributed by atoms with van der Waals surface area (Å²) in [5, 5.41) is 0. The normalized spacial score (nSPS) is 26.9. The average Bonchev–Trinajstić information content (AvgIpc) is 2.62. The fourth-order valence-corrected chi connectivity index (χ4v) is 4.00. The molecule has 0 radical (unpaired) electrons. The third kappa shape index (κ3) is 2.04. The van der Waals surface area contributed by atoms with Gasteiger partial charge in [0.15, 0.2) is 0 Å². The molecule has 0 bridgehead atoms. The number of hydrogen-bond donors (Lipinski definition) is 0. The van der Waals surface area contributed by atoms with Gasteiger partial charge in [-0.1, -0.05) is 32.1 Å². The molecule has 1 saturated carbocycles. The molecule has 108 valence electrons. The number of likely N-dealkylation sites (N-methyl/N-ethyl adjacent to an activating group) is 1. The van der Waals surface area contributed by atoms with Crippen LogP contribution in [0.1, 0.15) is 51.0 Å². The number of amides is 1. The first-order valence-corrected chi connectivity index (χ1v) is 7.60. The van der Waals surface area contributed by atoms with Crippen molar-refractivity contribution in [2.24, 2.45) is 5.92 Å². The lowest BCUT2D eigenvalue weighted by Crippen LogP contribution is -2.38. The minimum atomic E-state index is -0.547. The Morgan fingerprint density at radius 1 is 1.30 bits per heavy atom. The zero-order valence-electron chi connectivity index (χ0n) is 12.3. The number of benzene rings is 1. The van der Waals surface area contributed by atoms with Crippen LogP contribution in [0, 0.1) is 11.7 Å². The van der Waals surface area contributed by atoms with E-state index < -0.39 is 5.41 Å². The molecule has 0 spiro atoms. The molecule has 0 aromatic heterocycles. The molecule has 1 aromatic carbocycles. The van der Waals surface area contributed by atoms with E-state index in [9.17, 15) is 9.18 Å². The molecule has 1 aliphatic carbocycles. The molecule has 3 rings (SSSR count). The van der Waals surface area contributed by atoms with Crippen molar-refractivity contribution in [3.63, 3.8) is 0 Å². The van der Waals surface area contributed by atoms with Gasteiger partial charge in [0.2, 0.25) is 5.91 Å². The van der Waals surface area contributed by atoms with Gasteiger partial charge < -0.3 is 4.90 Å². The molecule has 2 aliphatic rings. The third-order valence-corrected chi connectivity index (χ3v) is 5.11. The molecular formula is C17H22FNO. The van der Waals surface area contributed by atoms with Crippen LogP contribution in [-0.2, 0) is 10.2 Å². The zero-order chi connectivity index (χ0) is 14.3. The van der Waals surface area contributed by atoms with Gasteiger partial charge in [-0.05, 0) is 43.0 Å². The lowest BCUT2D eigenvalue weighted by atomic mass is 9.72. The number of hydrogen-bond acceptors (Lipinski definition) is 1. The quantitative estimate of drug-likeness (QED) is 0.798. The van der Waals surface area contributed by atoms with Crippen molar-refractivity contribution in [3.8, 4) is 0 Å². The summed E-state index contributed by atoms with van der Waals surface area (Å²) in [7, 11) is 1.80. The van der Waals surface area contributed by atoms with Crippen LogP contribution in [-0.4, -0.2) is 13.0 Å². The number of carbonyl (C=O) groups excluding carboxylic acids is 1. The first kappa shape index (κ1) is 13.6. The Bertz CT molecular complexity index is 536. The van der Waals surface area contributed by atoms with Gasteiger partial charge in [0, 0.05) is 12.7 Å². The standard InChI is InChI=1S/C17H22FNO/c1-17(11-12-6-4-3-5-7-12)14-10-13(18)8-9-15(14)19(2)16(17)20/h8-10,12H,3-7,11H2,1-2H3. The maximum Gasteiger partial charge on any atom is 0.237 e. The maximum absolute atomic E-state index is 13.6. The lowest BCUT2D eigenvalue weighted by molar-refractivity contribution is -0.123. The van der Waals surface area contributed by atoms with Crippen LogP contribution in [0.25, 0.3) is 0 Å². The van der Waals surface area contributed by atoms with Crippen LogP contribution in [0.4, 0.5) is 10.1 Å². The van der Waals surface area contributed by atoms with Gasteiger partial charge in [-0.15, -0.1) is 0 Å². The van der Waals surface area contributed by atoms with Crippen molar-refractivity contribution in [1.29, 1.82) is 0 Å². The molecule has 2 nitrogen and oxygen atoms in total. The predicted molar refractivity (Wildman–Crippen MR) is 78.4 cm³/mol. The van der Waals surface area contributed by atoms with Gasteiger partial charge in [-0.25, -0.2) is 4.39 Å². The largest absolute Gasteiger partial charge is 0.314 e. The molecule has 1 unspecified atom stereocenters. The van der Waals surface area contributed by atoms with E-state index in [-0.39, 0.29) is 11.7 Å². The van der Waals surface area contributed by atoms with E-state index in [0.717, 1.165) is 17.7 Å². The van der Waals surface area contributed by atoms with Crippen molar-refractivity contribution in [2.45, 2.75) is 50.9 Å². The Kier molecular flexibility index (Phi) is 3.31. The number of nitrogens with zero attached hydrogens (tertiary/aromatic N) is 1. The Morgan fingerprint density at radius 3 is 2.70 bits per heavy atom. The van der Waals surface area contributed by atoms with E-state index in [1.165, 1.54) is 38.2 Å². The van der Waals surface area contributed by atoms with Gasteiger partial charge in [0.25, 0.3) is 0 Å². The highest BCUT2D eigenvalue weighted by Gasteiger charge is 2.47. The molecule has 0 saturated heterocycles. The molecule has 1 atom stereocenters. The summed E-state index contributed by atoms with van der Waals surface area (Å²) >= 11 is 0.